The molecule has 4 N–H and O–H groups in total. The second-order valence-corrected chi connectivity index (χ2v) is 10.2. The Hall–Kier alpha value is -5.53. The van der Waals surface area contributed by atoms with Crippen LogP contribution in [0.1, 0.15) is 27.9 Å². The van der Waals surface area contributed by atoms with Gasteiger partial charge in [-0.2, -0.15) is 13.2 Å². The maximum Gasteiger partial charge on any atom is 0.573 e. The molecular weight excluding hydrogens is 632 g/mol. The molecule has 0 saturated carbocycles. The van der Waals surface area contributed by atoms with Gasteiger partial charge in [0.05, 0.1) is 12.0 Å². The van der Waals surface area contributed by atoms with E-state index < -0.39 is 47.7 Å². The molecule has 0 unspecified atom stereocenters. The molecule has 47 heavy (non-hydrogen) atoms. The minimum atomic E-state index is -4.88. The van der Waals surface area contributed by atoms with Crippen LogP contribution in [0.2, 0.25) is 0 Å². The number of anilines is 2. The zero-order valence-electron chi connectivity index (χ0n) is 24.3. The predicted octanol–water partition coefficient (Wildman–Crippen LogP) is 7.14. The van der Waals surface area contributed by atoms with Gasteiger partial charge in [-0.25, -0.2) is 0 Å². The number of carbonyl (C=O) groups is 3. The minimum Gasteiger partial charge on any atom is -0.481 e. The van der Waals surface area contributed by atoms with Crippen LogP contribution < -0.4 is 20.7 Å². The van der Waals surface area contributed by atoms with E-state index in [0.717, 1.165) is 24.3 Å². The standard InChI is InChI=1S/C33H27F6N3O5/c34-32(35,36)24-9-5-22(6-10-24)21-3-1-20(2-4-21)19-28(31(46)42-26-13-15-27(16-14-26)47-33(37,38)39)41-25-11-7-23(8-12-25)30(45)40-18-17-29(43)44/h1-16,28,41H,17-19H2,(H,40,45)(H,42,46)(H,43,44)/t28-/m1/s1. The van der Waals surface area contributed by atoms with E-state index in [0.29, 0.717) is 22.4 Å². The summed E-state index contributed by atoms with van der Waals surface area (Å²) in [6.45, 7) is -0.0582. The van der Waals surface area contributed by atoms with Gasteiger partial charge in [-0.1, -0.05) is 36.4 Å². The van der Waals surface area contributed by atoms with Gasteiger partial charge in [0, 0.05) is 29.9 Å². The van der Waals surface area contributed by atoms with Crippen molar-refractivity contribution < 1.29 is 50.6 Å². The number of amides is 2. The maximum atomic E-state index is 13.4. The Bertz CT molecular complexity index is 1670. The third-order valence-electron chi connectivity index (χ3n) is 6.72. The highest BCUT2D eigenvalue weighted by molar-refractivity contribution is 5.97. The van der Waals surface area contributed by atoms with E-state index in [1.165, 1.54) is 36.4 Å². The van der Waals surface area contributed by atoms with Gasteiger partial charge in [0.25, 0.3) is 5.91 Å². The lowest BCUT2D eigenvalue weighted by Gasteiger charge is -2.20. The largest absolute Gasteiger partial charge is 0.573 e. The van der Waals surface area contributed by atoms with Gasteiger partial charge in [0.2, 0.25) is 5.91 Å². The summed E-state index contributed by atoms with van der Waals surface area (Å²) < 4.78 is 80.2. The summed E-state index contributed by atoms with van der Waals surface area (Å²) in [6, 6.07) is 21.2. The number of carboxylic acid groups (broad SMARTS) is 1. The molecule has 4 aromatic rings. The molecule has 2 amide bonds. The van der Waals surface area contributed by atoms with Gasteiger partial charge < -0.3 is 25.8 Å². The molecule has 0 aliphatic heterocycles. The number of rotatable bonds is 12. The number of ether oxygens (including phenoxy) is 1. The molecule has 0 aromatic heterocycles. The fraction of sp³-hybridized carbons (Fsp3) is 0.182. The smallest absolute Gasteiger partial charge is 0.481 e. The molecule has 14 heteroatoms. The lowest BCUT2D eigenvalue weighted by Crippen LogP contribution is -2.36. The first-order valence-electron chi connectivity index (χ1n) is 14.0. The molecule has 246 valence electrons. The van der Waals surface area contributed by atoms with Crippen LogP contribution in [0.15, 0.2) is 97.1 Å². The maximum absolute atomic E-state index is 13.4. The first-order chi connectivity index (χ1) is 22.2. The number of hydrogen-bond acceptors (Lipinski definition) is 5. The molecule has 4 aromatic carbocycles. The SMILES string of the molecule is O=C(O)CCNC(=O)c1ccc(N[C@H](Cc2ccc(-c3ccc(C(F)(F)F)cc3)cc2)C(=O)Nc2ccc(OC(F)(F)F)cc2)cc1. The Morgan fingerprint density at radius 2 is 1.28 bits per heavy atom. The summed E-state index contributed by atoms with van der Waals surface area (Å²) >= 11 is 0. The number of nitrogens with one attached hydrogen (secondary N) is 3. The van der Waals surface area contributed by atoms with E-state index in [1.807, 2.05) is 0 Å². The van der Waals surface area contributed by atoms with Gasteiger partial charge >= 0.3 is 18.5 Å². The van der Waals surface area contributed by atoms with Crippen molar-refractivity contribution in [3.63, 3.8) is 0 Å². The Kier molecular flexibility index (Phi) is 10.7. The second kappa shape index (κ2) is 14.7. The monoisotopic (exact) mass is 659 g/mol. The van der Waals surface area contributed by atoms with E-state index in [4.69, 9.17) is 5.11 Å². The van der Waals surface area contributed by atoms with Crippen molar-refractivity contribution in [2.24, 2.45) is 0 Å². The first-order valence-corrected chi connectivity index (χ1v) is 14.0. The van der Waals surface area contributed by atoms with Crippen molar-refractivity contribution >= 4 is 29.2 Å². The van der Waals surface area contributed by atoms with Gasteiger partial charge in [-0.15, -0.1) is 13.2 Å². The molecule has 0 aliphatic carbocycles. The Balaban J connectivity index is 1.50. The van der Waals surface area contributed by atoms with E-state index in [-0.39, 0.29) is 30.6 Å². The van der Waals surface area contributed by atoms with E-state index in [9.17, 15) is 40.7 Å². The third-order valence-corrected chi connectivity index (χ3v) is 6.72. The van der Waals surface area contributed by atoms with Crippen LogP contribution in [-0.2, 0) is 22.2 Å². The fourth-order valence-electron chi connectivity index (χ4n) is 4.40. The van der Waals surface area contributed by atoms with Gasteiger partial charge in [0.1, 0.15) is 11.8 Å². The summed E-state index contributed by atoms with van der Waals surface area (Å²) in [4.78, 5) is 36.4. The molecule has 0 radical (unpaired) electrons. The summed E-state index contributed by atoms with van der Waals surface area (Å²) in [6.07, 6.45) is -9.47. The number of halogens is 6. The number of hydrogen-bond donors (Lipinski definition) is 4. The molecule has 0 aliphatic rings. The summed E-state index contributed by atoms with van der Waals surface area (Å²) in [7, 11) is 0. The van der Waals surface area contributed by atoms with Crippen LogP contribution in [0, 0.1) is 0 Å². The van der Waals surface area contributed by atoms with Crippen LogP contribution in [-0.4, -0.2) is 41.8 Å². The third kappa shape index (κ3) is 10.5. The number of benzene rings is 4. The Morgan fingerprint density at radius 1 is 0.723 bits per heavy atom. The topological polar surface area (TPSA) is 117 Å². The van der Waals surface area contributed by atoms with Crippen LogP contribution in [0.25, 0.3) is 11.1 Å². The molecule has 4 rings (SSSR count). The highest BCUT2D eigenvalue weighted by Crippen LogP contribution is 2.31. The quantitative estimate of drug-likeness (QED) is 0.120. The molecule has 0 spiro atoms. The van der Waals surface area contributed by atoms with E-state index in [1.54, 1.807) is 36.4 Å². The van der Waals surface area contributed by atoms with Crippen LogP contribution >= 0.6 is 0 Å². The highest BCUT2D eigenvalue weighted by atomic mass is 19.4. The zero-order valence-corrected chi connectivity index (χ0v) is 24.3. The summed E-state index contributed by atoms with van der Waals surface area (Å²) in [5, 5.41) is 17.0. The lowest BCUT2D eigenvalue weighted by molar-refractivity contribution is -0.274. The van der Waals surface area contributed by atoms with E-state index in [2.05, 4.69) is 20.7 Å². The molecule has 8 nitrogen and oxygen atoms in total. The molecule has 1 atom stereocenters. The van der Waals surface area contributed by atoms with Crippen LogP contribution in [0.4, 0.5) is 37.7 Å². The molecular formula is C33H27F6N3O5. The normalized spacial score (nSPS) is 12.1. The van der Waals surface area contributed by atoms with Crippen LogP contribution in [0.3, 0.4) is 0 Å². The van der Waals surface area contributed by atoms with Crippen molar-refractivity contribution in [2.75, 3.05) is 17.2 Å². The number of aliphatic carboxylic acids is 1. The summed E-state index contributed by atoms with van der Waals surface area (Å²) in [5.74, 6) is -2.56. The van der Waals surface area contributed by atoms with Gasteiger partial charge in [-0.05, 0) is 77.4 Å². The average molecular weight is 660 g/mol. The van der Waals surface area contributed by atoms with Crippen molar-refractivity contribution in [1.29, 1.82) is 0 Å². The number of alkyl halides is 6. The van der Waals surface area contributed by atoms with Gasteiger partial charge in [-0.3, -0.25) is 14.4 Å². The average Bonchev–Trinajstić information content (AvgIpc) is 3.01. The van der Waals surface area contributed by atoms with Crippen molar-refractivity contribution in [2.45, 2.75) is 31.4 Å². The zero-order chi connectivity index (χ0) is 34.2. The van der Waals surface area contributed by atoms with Crippen molar-refractivity contribution in [3.05, 3.63) is 114 Å². The summed E-state index contributed by atoms with van der Waals surface area (Å²) in [5.41, 5.74) is 2.01. The first kappa shape index (κ1) is 34.3. The molecule has 0 heterocycles. The van der Waals surface area contributed by atoms with Gasteiger partial charge in [0.15, 0.2) is 0 Å². The Morgan fingerprint density at radius 3 is 1.81 bits per heavy atom. The van der Waals surface area contributed by atoms with Crippen LogP contribution in [0.5, 0.6) is 5.75 Å². The minimum absolute atomic E-state index is 0.0582. The van der Waals surface area contributed by atoms with Crippen molar-refractivity contribution in [1.82, 2.24) is 5.32 Å². The van der Waals surface area contributed by atoms with E-state index >= 15 is 0 Å². The number of carbonyl (C=O) groups excluding carboxylic acids is 2. The Labute approximate surface area is 264 Å². The molecule has 0 saturated heterocycles. The second-order valence-electron chi connectivity index (χ2n) is 10.2. The highest BCUT2D eigenvalue weighted by Gasteiger charge is 2.31. The fourth-order valence-corrected chi connectivity index (χ4v) is 4.40. The van der Waals surface area contributed by atoms with Crippen molar-refractivity contribution in [3.8, 4) is 16.9 Å². The molecule has 0 bridgehead atoms. The molecule has 0 fully saturated rings. The lowest BCUT2D eigenvalue weighted by atomic mass is 9.99. The number of carboxylic acids is 1. The predicted molar refractivity (Wildman–Crippen MR) is 161 cm³/mol.